The second-order valence-corrected chi connectivity index (χ2v) is 8.72. The van der Waals surface area contributed by atoms with Crippen LogP contribution in [0.3, 0.4) is 0 Å². The van der Waals surface area contributed by atoms with Crippen molar-refractivity contribution in [3.8, 4) is 0 Å². The number of nitrogens with one attached hydrogen (secondary N) is 1. The van der Waals surface area contributed by atoms with E-state index in [2.05, 4.69) is 17.4 Å². The zero-order valence-corrected chi connectivity index (χ0v) is 16.5. The lowest BCUT2D eigenvalue weighted by molar-refractivity contribution is -0.136. The first-order valence-electron chi connectivity index (χ1n) is 9.80. The van der Waals surface area contributed by atoms with E-state index in [0.29, 0.717) is 19.4 Å². The molecule has 2 saturated heterocycles. The molecule has 1 N–H and O–H groups in total. The van der Waals surface area contributed by atoms with Crippen LogP contribution in [0.1, 0.15) is 43.0 Å². The number of nitrogens with zero attached hydrogens (tertiary/aromatic N) is 1. The summed E-state index contributed by atoms with van der Waals surface area (Å²) < 4.78 is 0. The van der Waals surface area contributed by atoms with Crippen LogP contribution in [0.15, 0.2) is 47.8 Å². The molecule has 2 aromatic rings. The lowest BCUT2D eigenvalue weighted by Gasteiger charge is -2.36. The van der Waals surface area contributed by atoms with Crippen molar-refractivity contribution in [2.24, 2.45) is 5.41 Å². The minimum absolute atomic E-state index is 0.0125. The molecule has 142 valence electrons. The summed E-state index contributed by atoms with van der Waals surface area (Å²) in [6.45, 7) is 2.47. The Balaban J connectivity index is 1.62. The van der Waals surface area contributed by atoms with Crippen LogP contribution in [-0.2, 0) is 22.6 Å². The van der Waals surface area contributed by atoms with E-state index in [1.54, 1.807) is 11.3 Å². The molecule has 2 bridgehead atoms. The molecular formula is C22H26N2O2S. The molecule has 4 nitrogen and oxygen atoms in total. The van der Waals surface area contributed by atoms with Crippen molar-refractivity contribution in [1.29, 1.82) is 0 Å². The fourth-order valence-electron chi connectivity index (χ4n) is 4.97. The average molecular weight is 383 g/mol. The van der Waals surface area contributed by atoms with E-state index in [1.165, 1.54) is 5.56 Å². The molecule has 3 atom stereocenters. The van der Waals surface area contributed by atoms with E-state index in [4.69, 9.17) is 0 Å². The standard InChI is InChI=1S/C22H26N2O2S/c1-2-20(25)24-17-10-11-19(24)22(14-17,13-16-7-4-3-5-8-16)21(26)23-15-18-9-6-12-27-18/h3-9,12,17,19H,2,10-11,13-15H2,1H3,(H,23,26)/t17-,19+,22+/m0/s1. The largest absolute Gasteiger partial charge is 0.351 e. The molecule has 2 aliphatic rings. The summed E-state index contributed by atoms with van der Waals surface area (Å²) in [5.41, 5.74) is 0.645. The van der Waals surface area contributed by atoms with Gasteiger partial charge in [-0.3, -0.25) is 9.59 Å². The maximum atomic E-state index is 13.5. The highest BCUT2D eigenvalue weighted by molar-refractivity contribution is 7.09. The van der Waals surface area contributed by atoms with E-state index in [1.807, 2.05) is 47.5 Å². The molecule has 27 heavy (non-hydrogen) atoms. The number of carbonyl (C=O) groups excluding carboxylic acids is 2. The van der Waals surface area contributed by atoms with Crippen LogP contribution in [0, 0.1) is 5.41 Å². The summed E-state index contributed by atoms with van der Waals surface area (Å²) in [5.74, 6) is 0.282. The smallest absolute Gasteiger partial charge is 0.229 e. The maximum absolute atomic E-state index is 13.5. The van der Waals surface area contributed by atoms with Gasteiger partial charge in [0, 0.05) is 23.4 Å². The van der Waals surface area contributed by atoms with Crippen LogP contribution >= 0.6 is 11.3 Å². The maximum Gasteiger partial charge on any atom is 0.229 e. The van der Waals surface area contributed by atoms with Crippen LogP contribution in [0.4, 0.5) is 0 Å². The normalized spacial score (nSPS) is 26.3. The highest BCUT2D eigenvalue weighted by atomic mass is 32.1. The number of thiophene rings is 1. The lowest BCUT2D eigenvalue weighted by Crippen LogP contribution is -2.51. The summed E-state index contributed by atoms with van der Waals surface area (Å²) in [4.78, 5) is 29.2. The van der Waals surface area contributed by atoms with Crippen LogP contribution < -0.4 is 5.32 Å². The Kier molecular flexibility index (Phi) is 5.04. The Morgan fingerprint density at radius 2 is 2.00 bits per heavy atom. The van der Waals surface area contributed by atoms with Crippen LogP contribution in [0.25, 0.3) is 0 Å². The summed E-state index contributed by atoms with van der Waals surface area (Å²) in [6.07, 6.45) is 3.92. The second kappa shape index (κ2) is 7.47. The van der Waals surface area contributed by atoms with Gasteiger partial charge in [-0.25, -0.2) is 0 Å². The van der Waals surface area contributed by atoms with Crippen LogP contribution in [0.5, 0.6) is 0 Å². The Morgan fingerprint density at radius 1 is 1.19 bits per heavy atom. The Morgan fingerprint density at radius 3 is 2.70 bits per heavy atom. The number of amides is 2. The molecule has 0 unspecified atom stereocenters. The molecule has 2 aliphatic heterocycles. The van der Waals surface area contributed by atoms with Gasteiger partial charge in [0.15, 0.2) is 0 Å². The van der Waals surface area contributed by atoms with E-state index in [0.717, 1.165) is 24.1 Å². The van der Waals surface area contributed by atoms with E-state index < -0.39 is 5.41 Å². The minimum atomic E-state index is -0.521. The zero-order valence-electron chi connectivity index (χ0n) is 15.7. The van der Waals surface area contributed by atoms with Crippen LogP contribution in [-0.4, -0.2) is 28.8 Å². The van der Waals surface area contributed by atoms with Crippen molar-refractivity contribution in [2.75, 3.05) is 0 Å². The molecular weight excluding hydrogens is 356 g/mol. The molecule has 5 heteroatoms. The molecule has 0 aliphatic carbocycles. The van der Waals surface area contributed by atoms with E-state index in [9.17, 15) is 9.59 Å². The lowest BCUT2D eigenvalue weighted by atomic mass is 9.69. The first-order valence-corrected chi connectivity index (χ1v) is 10.7. The number of carbonyl (C=O) groups is 2. The number of hydrogen-bond donors (Lipinski definition) is 1. The molecule has 4 rings (SSSR count). The van der Waals surface area contributed by atoms with Crippen molar-refractivity contribution in [3.05, 3.63) is 58.3 Å². The molecule has 1 aromatic heterocycles. The molecule has 1 aromatic carbocycles. The molecule has 3 heterocycles. The number of benzene rings is 1. The van der Waals surface area contributed by atoms with Gasteiger partial charge in [0.1, 0.15) is 0 Å². The summed E-state index contributed by atoms with van der Waals surface area (Å²) >= 11 is 1.66. The fraction of sp³-hybridized carbons (Fsp3) is 0.455. The highest BCUT2D eigenvalue weighted by Gasteiger charge is 2.60. The minimum Gasteiger partial charge on any atom is -0.351 e. The van der Waals surface area contributed by atoms with Gasteiger partial charge in [-0.1, -0.05) is 43.3 Å². The molecule has 0 radical (unpaired) electrons. The molecule has 2 amide bonds. The molecule has 0 saturated carbocycles. The zero-order chi connectivity index (χ0) is 18.9. The van der Waals surface area contributed by atoms with Gasteiger partial charge in [-0.05, 0) is 42.7 Å². The topological polar surface area (TPSA) is 49.4 Å². The quantitative estimate of drug-likeness (QED) is 0.827. The number of fused-ring (bicyclic) bond motifs is 2. The van der Waals surface area contributed by atoms with Gasteiger partial charge in [0.2, 0.25) is 11.8 Å². The number of hydrogen-bond acceptors (Lipinski definition) is 3. The summed E-state index contributed by atoms with van der Waals surface area (Å²) in [5, 5.41) is 5.21. The predicted octanol–water partition coefficient (Wildman–Crippen LogP) is 3.77. The molecule has 0 spiro atoms. The van der Waals surface area contributed by atoms with Crippen molar-refractivity contribution < 1.29 is 9.59 Å². The van der Waals surface area contributed by atoms with E-state index in [-0.39, 0.29) is 23.9 Å². The Hall–Kier alpha value is -2.14. The van der Waals surface area contributed by atoms with Gasteiger partial charge < -0.3 is 10.2 Å². The fourth-order valence-corrected chi connectivity index (χ4v) is 5.62. The van der Waals surface area contributed by atoms with Gasteiger partial charge in [-0.15, -0.1) is 11.3 Å². The van der Waals surface area contributed by atoms with E-state index >= 15 is 0 Å². The van der Waals surface area contributed by atoms with Crippen molar-refractivity contribution in [2.45, 2.75) is 57.7 Å². The first kappa shape index (κ1) is 18.2. The number of rotatable bonds is 6. The third-order valence-electron chi connectivity index (χ3n) is 6.15. The average Bonchev–Trinajstić information content (AvgIpc) is 3.42. The predicted molar refractivity (Wildman–Crippen MR) is 107 cm³/mol. The molecule has 2 fully saturated rings. The Labute approximate surface area is 164 Å². The van der Waals surface area contributed by atoms with Crippen molar-refractivity contribution in [3.63, 3.8) is 0 Å². The van der Waals surface area contributed by atoms with Gasteiger partial charge >= 0.3 is 0 Å². The highest BCUT2D eigenvalue weighted by Crippen LogP contribution is 2.52. The van der Waals surface area contributed by atoms with Crippen LogP contribution in [0.2, 0.25) is 0 Å². The SMILES string of the molecule is CCC(=O)N1[C@H]2CC[C@@H]1[C@](Cc1ccccc1)(C(=O)NCc1cccs1)C2. The van der Waals surface area contributed by atoms with Gasteiger partial charge in [0.05, 0.1) is 12.0 Å². The van der Waals surface area contributed by atoms with Crippen molar-refractivity contribution in [1.82, 2.24) is 10.2 Å². The third-order valence-corrected chi connectivity index (χ3v) is 7.02. The Bertz CT molecular complexity index is 805. The van der Waals surface area contributed by atoms with Gasteiger partial charge in [-0.2, -0.15) is 0 Å². The first-order chi connectivity index (χ1) is 13.1. The summed E-state index contributed by atoms with van der Waals surface area (Å²) in [7, 11) is 0. The third kappa shape index (κ3) is 3.29. The monoisotopic (exact) mass is 382 g/mol. The van der Waals surface area contributed by atoms with Gasteiger partial charge in [0.25, 0.3) is 0 Å². The second-order valence-electron chi connectivity index (χ2n) is 7.69. The summed E-state index contributed by atoms with van der Waals surface area (Å²) in [6, 6.07) is 14.5. The van der Waals surface area contributed by atoms with Crippen molar-refractivity contribution >= 4 is 23.2 Å².